The van der Waals surface area contributed by atoms with Crippen molar-refractivity contribution in [1.29, 1.82) is 0 Å². The lowest BCUT2D eigenvalue weighted by Gasteiger charge is -2.31. The smallest absolute Gasteiger partial charge is 0.268 e. The first-order chi connectivity index (χ1) is 17.0. The standard InChI is InChI=1S/C31H37N3O2/c1-21-12-14-22(15-13-21)20-33(5)30(36)28(23-10-8-7-9-11-23)32-29(35)27-19-24-18-25(31(2,3)4)16-17-26(24)34(27)6/h7-19,24,26,28H,20H2,1-6H3,(H,32,35). The Morgan fingerprint density at radius 1 is 1.03 bits per heavy atom. The number of amides is 2. The first-order valence-corrected chi connectivity index (χ1v) is 12.6. The number of nitrogens with zero attached hydrogens (tertiary/aromatic N) is 2. The number of benzene rings is 2. The molecule has 0 saturated carbocycles. The molecule has 3 unspecified atom stereocenters. The summed E-state index contributed by atoms with van der Waals surface area (Å²) in [6, 6.07) is 16.9. The third-order valence-electron chi connectivity index (χ3n) is 7.09. The van der Waals surface area contributed by atoms with Crippen LogP contribution in [0.1, 0.15) is 43.5 Å². The largest absolute Gasteiger partial charge is 0.363 e. The number of hydrogen-bond acceptors (Lipinski definition) is 3. The molecule has 1 aliphatic carbocycles. The summed E-state index contributed by atoms with van der Waals surface area (Å²) in [7, 11) is 3.72. The molecule has 1 aliphatic heterocycles. The topological polar surface area (TPSA) is 52.7 Å². The Balaban J connectivity index is 1.55. The van der Waals surface area contributed by atoms with Gasteiger partial charge < -0.3 is 15.1 Å². The molecule has 2 aromatic carbocycles. The van der Waals surface area contributed by atoms with Crippen LogP contribution in [0.4, 0.5) is 0 Å². The fourth-order valence-electron chi connectivity index (χ4n) is 4.83. The van der Waals surface area contributed by atoms with Crippen LogP contribution in [0.3, 0.4) is 0 Å². The Labute approximate surface area is 215 Å². The first-order valence-electron chi connectivity index (χ1n) is 12.6. The SMILES string of the molecule is Cc1ccc(CN(C)C(=O)C(NC(=O)C2=CC3C=C(C(C)(C)C)C=CC3N2C)c2ccccc2)cc1. The van der Waals surface area contributed by atoms with Gasteiger partial charge in [0.15, 0.2) is 0 Å². The van der Waals surface area contributed by atoms with E-state index in [0.717, 1.165) is 11.1 Å². The van der Waals surface area contributed by atoms with Gasteiger partial charge in [-0.15, -0.1) is 0 Å². The number of carbonyl (C=O) groups is 2. The van der Waals surface area contributed by atoms with Crippen LogP contribution in [0.2, 0.25) is 0 Å². The van der Waals surface area contributed by atoms with E-state index >= 15 is 0 Å². The minimum atomic E-state index is -0.776. The normalized spacial score (nSPS) is 19.8. The van der Waals surface area contributed by atoms with Crippen LogP contribution in [0.25, 0.3) is 0 Å². The van der Waals surface area contributed by atoms with Crippen molar-refractivity contribution in [3.63, 3.8) is 0 Å². The van der Waals surface area contributed by atoms with E-state index in [1.807, 2.05) is 79.5 Å². The van der Waals surface area contributed by atoms with E-state index in [-0.39, 0.29) is 29.2 Å². The van der Waals surface area contributed by atoms with Gasteiger partial charge in [0.1, 0.15) is 6.04 Å². The van der Waals surface area contributed by atoms with E-state index in [4.69, 9.17) is 0 Å². The van der Waals surface area contributed by atoms with Crippen LogP contribution in [0.5, 0.6) is 0 Å². The van der Waals surface area contributed by atoms with Crippen molar-refractivity contribution >= 4 is 11.8 Å². The van der Waals surface area contributed by atoms with E-state index in [2.05, 4.69) is 44.3 Å². The molecule has 3 atom stereocenters. The quantitative estimate of drug-likeness (QED) is 0.617. The van der Waals surface area contributed by atoms with Gasteiger partial charge in [0.25, 0.3) is 5.91 Å². The number of nitrogens with one attached hydrogen (secondary N) is 1. The van der Waals surface area contributed by atoms with Crippen molar-refractivity contribution in [3.05, 3.63) is 107 Å². The third-order valence-corrected chi connectivity index (χ3v) is 7.09. The second-order valence-electron chi connectivity index (χ2n) is 11.0. The summed E-state index contributed by atoms with van der Waals surface area (Å²) in [6.07, 6.45) is 8.63. The Hall–Kier alpha value is -3.60. The highest BCUT2D eigenvalue weighted by atomic mass is 16.2. The van der Waals surface area contributed by atoms with Crippen LogP contribution in [0.15, 0.2) is 90.2 Å². The zero-order chi connectivity index (χ0) is 26.0. The summed E-state index contributed by atoms with van der Waals surface area (Å²) in [5, 5.41) is 3.05. The van der Waals surface area contributed by atoms with Crippen molar-refractivity contribution in [3.8, 4) is 0 Å². The van der Waals surface area contributed by atoms with Gasteiger partial charge in [0, 0.05) is 26.6 Å². The minimum Gasteiger partial charge on any atom is -0.363 e. The van der Waals surface area contributed by atoms with Gasteiger partial charge in [-0.25, -0.2) is 0 Å². The second kappa shape index (κ2) is 10.2. The van der Waals surface area contributed by atoms with Crippen LogP contribution in [0, 0.1) is 18.3 Å². The van der Waals surface area contributed by atoms with Gasteiger partial charge in [0.05, 0.1) is 11.7 Å². The molecule has 0 spiro atoms. The zero-order valence-corrected chi connectivity index (χ0v) is 22.2. The molecule has 0 bridgehead atoms. The zero-order valence-electron chi connectivity index (χ0n) is 22.2. The number of hydrogen-bond donors (Lipinski definition) is 1. The monoisotopic (exact) mass is 483 g/mol. The summed E-state index contributed by atoms with van der Waals surface area (Å²) < 4.78 is 0. The summed E-state index contributed by atoms with van der Waals surface area (Å²) in [6.45, 7) is 9.10. The highest BCUT2D eigenvalue weighted by molar-refractivity contribution is 5.97. The lowest BCUT2D eigenvalue weighted by atomic mass is 9.80. The number of aryl methyl sites for hydroxylation is 1. The summed E-state index contributed by atoms with van der Waals surface area (Å²) in [4.78, 5) is 30.8. The van der Waals surface area contributed by atoms with Gasteiger partial charge in [-0.2, -0.15) is 0 Å². The maximum absolute atomic E-state index is 13.6. The molecular formula is C31H37N3O2. The van der Waals surface area contributed by atoms with Gasteiger partial charge >= 0.3 is 0 Å². The fourth-order valence-corrected chi connectivity index (χ4v) is 4.83. The average Bonchev–Trinajstić information content (AvgIpc) is 3.19. The summed E-state index contributed by atoms with van der Waals surface area (Å²) in [5.74, 6) is -0.259. The molecule has 4 rings (SSSR count). The number of allylic oxidation sites excluding steroid dienone is 2. The Kier molecular flexibility index (Phi) is 7.21. The van der Waals surface area contributed by atoms with Crippen molar-refractivity contribution in [2.45, 2.75) is 46.3 Å². The minimum absolute atomic E-state index is 0.0474. The second-order valence-corrected chi connectivity index (χ2v) is 11.0. The summed E-state index contributed by atoms with van der Waals surface area (Å²) >= 11 is 0. The van der Waals surface area contributed by atoms with E-state index in [1.165, 1.54) is 11.1 Å². The van der Waals surface area contributed by atoms with Crippen molar-refractivity contribution < 1.29 is 9.59 Å². The molecule has 5 heteroatoms. The molecule has 1 N–H and O–H groups in total. The van der Waals surface area contributed by atoms with Gasteiger partial charge in [-0.05, 0) is 35.1 Å². The van der Waals surface area contributed by atoms with Gasteiger partial charge in [-0.1, -0.05) is 99.2 Å². The number of fused-ring (bicyclic) bond motifs is 1. The lowest BCUT2D eigenvalue weighted by Crippen LogP contribution is -2.43. The molecule has 188 valence electrons. The van der Waals surface area contributed by atoms with E-state index in [1.54, 1.807) is 11.9 Å². The van der Waals surface area contributed by atoms with Crippen LogP contribution in [-0.4, -0.2) is 41.8 Å². The number of rotatable bonds is 6. The fraction of sp³-hybridized carbons (Fsp3) is 0.355. The molecule has 0 fully saturated rings. The van der Waals surface area contributed by atoms with Crippen molar-refractivity contribution in [1.82, 2.24) is 15.1 Å². The lowest BCUT2D eigenvalue weighted by molar-refractivity contribution is -0.135. The van der Waals surface area contributed by atoms with Crippen LogP contribution in [-0.2, 0) is 16.1 Å². The molecule has 36 heavy (non-hydrogen) atoms. The molecule has 0 aromatic heterocycles. The van der Waals surface area contributed by atoms with Gasteiger partial charge in [0.2, 0.25) is 5.91 Å². The molecule has 0 saturated heterocycles. The average molecular weight is 484 g/mol. The molecule has 1 heterocycles. The van der Waals surface area contributed by atoms with Crippen molar-refractivity contribution in [2.24, 2.45) is 11.3 Å². The molecule has 5 nitrogen and oxygen atoms in total. The predicted molar refractivity (Wildman–Crippen MR) is 145 cm³/mol. The Morgan fingerprint density at radius 2 is 1.69 bits per heavy atom. The third kappa shape index (κ3) is 5.46. The Morgan fingerprint density at radius 3 is 2.33 bits per heavy atom. The maximum Gasteiger partial charge on any atom is 0.268 e. The van der Waals surface area contributed by atoms with E-state index in [0.29, 0.717) is 12.2 Å². The molecule has 0 radical (unpaired) electrons. The molecule has 2 aromatic rings. The van der Waals surface area contributed by atoms with Crippen LogP contribution < -0.4 is 5.32 Å². The van der Waals surface area contributed by atoms with Crippen LogP contribution >= 0.6 is 0 Å². The number of carbonyl (C=O) groups excluding carboxylic acids is 2. The van der Waals surface area contributed by atoms with E-state index < -0.39 is 6.04 Å². The molecule has 2 aliphatic rings. The van der Waals surface area contributed by atoms with Crippen molar-refractivity contribution in [2.75, 3.05) is 14.1 Å². The summed E-state index contributed by atoms with van der Waals surface area (Å²) in [5.41, 5.74) is 4.90. The maximum atomic E-state index is 13.6. The van der Waals surface area contributed by atoms with Gasteiger partial charge in [-0.3, -0.25) is 9.59 Å². The molecule has 2 amide bonds. The van der Waals surface area contributed by atoms with E-state index in [9.17, 15) is 9.59 Å². The predicted octanol–water partition coefficient (Wildman–Crippen LogP) is 5.17. The Bertz CT molecular complexity index is 1200. The highest BCUT2D eigenvalue weighted by Crippen LogP contribution is 2.37. The highest BCUT2D eigenvalue weighted by Gasteiger charge is 2.37. The first kappa shape index (κ1) is 25.5. The number of likely N-dealkylation sites (N-methyl/N-ethyl adjacent to an activating group) is 2. The molecular weight excluding hydrogens is 446 g/mol.